The molecule has 19 heavy (non-hydrogen) atoms. The zero-order valence-electron chi connectivity index (χ0n) is 14.1. The summed E-state index contributed by atoms with van der Waals surface area (Å²) in [5.41, 5.74) is 0. The van der Waals surface area contributed by atoms with Crippen LogP contribution in [-0.2, 0) is 4.79 Å². The number of hydrogen-bond donors (Lipinski definition) is 0. The van der Waals surface area contributed by atoms with Crippen LogP contribution < -0.4 is 0 Å². The zero-order chi connectivity index (χ0) is 15.0. The van der Waals surface area contributed by atoms with Crippen LogP contribution in [0.25, 0.3) is 0 Å². The van der Waals surface area contributed by atoms with Gasteiger partial charge >= 0.3 is 0 Å². The van der Waals surface area contributed by atoms with E-state index >= 15 is 0 Å². The third kappa shape index (κ3) is 7.56. The lowest BCUT2D eigenvalue weighted by molar-refractivity contribution is -0.133. The summed E-state index contributed by atoms with van der Waals surface area (Å²) in [4.78, 5) is 16.5. The number of carbonyl (C=O) groups is 1. The quantitative estimate of drug-likeness (QED) is 0.642. The maximum Gasteiger partial charge on any atom is 0.236 e. The lowest BCUT2D eigenvalue weighted by Crippen LogP contribution is -2.44. The first-order chi connectivity index (χ1) is 8.81. The highest BCUT2D eigenvalue weighted by Crippen LogP contribution is 2.18. The van der Waals surface area contributed by atoms with E-state index < -0.39 is 0 Å². The normalized spacial score (nSPS) is 11.9. The molecular formula is C16H34N2O. The molecule has 3 heteroatoms. The summed E-state index contributed by atoms with van der Waals surface area (Å²) in [6.45, 7) is 15.6. The molecule has 0 atom stereocenters. The minimum atomic E-state index is 0.259. The summed E-state index contributed by atoms with van der Waals surface area (Å²) in [6, 6.07) is 0.378. The third-order valence-corrected chi connectivity index (χ3v) is 3.68. The molecule has 0 saturated heterocycles. The Bertz CT molecular complexity index is 237. The van der Waals surface area contributed by atoms with Gasteiger partial charge in [0.1, 0.15) is 0 Å². The van der Waals surface area contributed by atoms with Gasteiger partial charge < -0.3 is 4.90 Å². The molecule has 0 aliphatic heterocycles. The number of hydrogen-bond acceptors (Lipinski definition) is 2. The van der Waals surface area contributed by atoms with Gasteiger partial charge in [-0.15, -0.1) is 0 Å². The molecule has 0 radical (unpaired) electrons. The average Bonchev–Trinajstić information content (AvgIpc) is 2.32. The molecule has 0 unspecified atom stereocenters. The van der Waals surface area contributed by atoms with Crippen molar-refractivity contribution in [3.8, 4) is 0 Å². The highest BCUT2D eigenvalue weighted by atomic mass is 16.2. The Balaban J connectivity index is 4.58. The molecule has 0 saturated carbocycles. The van der Waals surface area contributed by atoms with Gasteiger partial charge in [0.15, 0.2) is 0 Å². The first kappa shape index (κ1) is 18.4. The molecule has 0 aromatic carbocycles. The molecule has 1 amide bonds. The van der Waals surface area contributed by atoms with Crippen molar-refractivity contribution in [1.29, 1.82) is 0 Å². The van der Waals surface area contributed by atoms with Gasteiger partial charge in [0.2, 0.25) is 5.91 Å². The van der Waals surface area contributed by atoms with Crippen LogP contribution in [0.1, 0.15) is 54.4 Å². The van der Waals surface area contributed by atoms with Gasteiger partial charge in [-0.25, -0.2) is 0 Å². The molecular weight excluding hydrogens is 236 g/mol. The van der Waals surface area contributed by atoms with Crippen LogP contribution >= 0.6 is 0 Å². The van der Waals surface area contributed by atoms with Gasteiger partial charge in [-0.2, -0.15) is 0 Å². The number of carbonyl (C=O) groups excluding carboxylic acids is 1. The molecule has 0 aromatic heterocycles. The van der Waals surface area contributed by atoms with E-state index in [1.54, 1.807) is 0 Å². The second-order valence-corrected chi connectivity index (χ2v) is 6.38. The molecule has 0 spiro atoms. The minimum absolute atomic E-state index is 0.259. The molecule has 0 bridgehead atoms. The number of amides is 1. The van der Waals surface area contributed by atoms with E-state index in [1.165, 1.54) is 0 Å². The van der Waals surface area contributed by atoms with Gasteiger partial charge in [-0.3, -0.25) is 9.69 Å². The SMILES string of the molecule is CCN(CC)CC(=O)N(C)C(CC(C)C)CC(C)C. The largest absolute Gasteiger partial charge is 0.342 e. The fourth-order valence-corrected chi connectivity index (χ4v) is 2.45. The van der Waals surface area contributed by atoms with E-state index in [0.717, 1.165) is 25.9 Å². The van der Waals surface area contributed by atoms with E-state index in [1.807, 2.05) is 11.9 Å². The first-order valence-electron chi connectivity index (χ1n) is 7.79. The van der Waals surface area contributed by atoms with Crippen LogP contribution in [-0.4, -0.2) is 48.4 Å². The molecule has 0 aliphatic rings. The Kier molecular flexibility index (Phi) is 9.07. The van der Waals surface area contributed by atoms with E-state index in [-0.39, 0.29) is 5.91 Å². The molecule has 0 fully saturated rings. The molecule has 114 valence electrons. The highest BCUT2D eigenvalue weighted by molar-refractivity contribution is 5.78. The van der Waals surface area contributed by atoms with Gasteiger partial charge in [-0.05, 0) is 37.8 Å². The fraction of sp³-hybridized carbons (Fsp3) is 0.938. The Hall–Kier alpha value is -0.570. The van der Waals surface area contributed by atoms with E-state index in [9.17, 15) is 4.79 Å². The van der Waals surface area contributed by atoms with Gasteiger partial charge in [0, 0.05) is 13.1 Å². The lowest BCUT2D eigenvalue weighted by Gasteiger charge is -2.32. The summed E-state index contributed by atoms with van der Waals surface area (Å²) in [6.07, 6.45) is 2.19. The Morgan fingerprint density at radius 1 is 0.947 bits per heavy atom. The zero-order valence-corrected chi connectivity index (χ0v) is 14.1. The summed E-state index contributed by atoms with van der Waals surface area (Å²) in [5.74, 6) is 1.52. The average molecular weight is 270 g/mol. The maximum atomic E-state index is 12.4. The van der Waals surface area contributed by atoms with Crippen molar-refractivity contribution in [3.05, 3.63) is 0 Å². The fourth-order valence-electron chi connectivity index (χ4n) is 2.45. The molecule has 3 nitrogen and oxygen atoms in total. The van der Waals surface area contributed by atoms with Crippen LogP contribution in [0, 0.1) is 11.8 Å². The summed E-state index contributed by atoms with van der Waals surface area (Å²) in [5, 5.41) is 0. The van der Waals surface area contributed by atoms with Crippen molar-refractivity contribution in [2.24, 2.45) is 11.8 Å². The molecule has 0 heterocycles. The smallest absolute Gasteiger partial charge is 0.236 e. The second-order valence-electron chi connectivity index (χ2n) is 6.38. The number of rotatable bonds is 9. The van der Waals surface area contributed by atoms with Crippen molar-refractivity contribution in [1.82, 2.24) is 9.80 Å². The van der Waals surface area contributed by atoms with Crippen LogP contribution in [0.2, 0.25) is 0 Å². The van der Waals surface area contributed by atoms with Crippen molar-refractivity contribution in [2.45, 2.75) is 60.4 Å². The lowest BCUT2D eigenvalue weighted by atomic mass is 9.94. The maximum absolute atomic E-state index is 12.4. The topological polar surface area (TPSA) is 23.6 Å². The number of nitrogens with zero attached hydrogens (tertiary/aromatic N) is 2. The van der Waals surface area contributed by atoms with Gasteiger partial charge in [0.25, 0.3) is 0 Å². The van der Waals surface area contributed by atoms with Gasteiger partial charge in [0.05, 0.1) is 6.54 Å². The highest BCUT2D eigenvalue weighted by Gasteiger charge is 2.22. The van der Waals surface area contributed by atoms with Crippen molar-refractivity contribution in [2.75, 3.05) is 26.7 Å². The summed E-state index contributed by atoms with van der Waals surface area (Å²) in [7, 11) is 1.97. The Morgan fingerprint density at radius 2 is 1.37 bits per heavy atom. The van der Waals surface area contributed by atoms with Crippen molar-refractivity contribution < 1.29 is 4.79 Å². The second kappa shape index (κ2) is 9.35. The van der Waals surface area contributed by atoms with Crippen LogP contribution in [0.5, 0.6) is 0 Å². The predicted octanol–water partition coefficient (Wildman–Crippen LogP) is 3.25. The van der Waals surface area contributed by atoms with Crippen LogP contribution in [0.4, 0.5) is 0 Å². The monoisotopic (exact) mass is 270 g/mol. The molecule has 0 aromatic rings. The van der Waals surface area contributed by atoms with Crippen LogP contribution in [0.3, 0.4) is 0 Å². The molecule has 0 aliphatic carbocycles. The predicted molar refractivity (Wildman–Crippen MR) is 83.3 cm³/mol. The van der Waals surface area contributed by atoms with Crippen molar-refractivity contribution in [3.63, 3.8) is 0 Å². The Labute approximate surface area is 120 Å². The standard InChI is InChI=1S/C16H34N2O/c1-8-18(9-2)12-16(19)17(7)15(10-13(3)4)11-14(5)6/h13-15H,8-12H2,1-7H3. The van der Waals surface area contributed by atoms with E-state index in [0.29, 0.717) is 24.4 Å². The van der Waals surface area contributed by atoms with Crippen LogP contribution in [0.15, 0.2) is 0 Å². The summed E-state index contributed by atoms with van der Waals surface area (Å²) < 4.78 is 0. The first-order valence-corrected chi connectivity index (χ1v) is 7.79. The molecule has 0 rings (SSSR count). The molecule has 0 N–H and O–H groups in total. The summed E-state index contributed by atoms with van der Waals surface area (Å²) >= 11 is 0. The minimum Gasteiger partial charge on any atom is -0.342 e. The third-order valence-electron chi connectivity index (χ3n) is 3.68. The van der Waals surface area contributed by atoms with Crippen molar-refractivity contribution >= 4 is 5.91 Å². The number of likely N-dealkylation sites (N-methyl/N-ethyl adjacent to an activating group) is 2. The Morgan fingerprint density at radius 3 is 1.68 bits per heavy atom. The van der Waals surface area contributed by atoms with Gasteiger partial charge in [-0.1, -0.05) is 41.5 Å². The van der Waals surface area contributed by atoms with E-state index in [4.69, 9.17) is 0 Å². The van der Waals surface area contributed by atoms with E-state index in [2.05, 4.69) is 46.4 Å².